The lowest BCUT2D eigenvalue weighted by Gasteiger charge is -2.09. The standard InChI is InChI=1S/C14H16O6S/c15-12(16)8-11(14(18)19)21-7-6-13(17)20-9-10-4-2-1-3-5-10/h1-5,11H,6-9H2,(H,15,16)(H,18,19). The minimum absolute atomic E-state index is 0.0426. The number of esters is 1. The van der Waals surface area contributed by atoms with Gasteiger partial charge in [-0.15, -0.1) is 11.8 Å². The molecule has 0 aliphatic rings. The highest BCUT2D eigenvalue weighted by Crippen LogP contribution is 2.16. The number of ether oxygens (including phenoxy) is 1. The van der Waals surface area contributed by atoms with Gasteiger partial charge in [0.2, 0.25) is 0 Å². The number of rotatable bonds is 9. The van der Waals surface area contributed by atoms with Gasteiger partial charge in [-0.3, -0.25) is 14.4 Å². The first-order chi connectivity index (χ1) is 9.99. The zero-order chi connectivity index (χ0) is 15.7. The highest BCUT2D eigenvalue weighted by Gasteiger charge is 2.21. The molecule has 114 valence electrons. The van der Waals surface area contributed by atoms with Crippen LogP contribution in [0.4, 0.5) is 0 Å². The summed E-state index contributed by atoms with van der Waals surface area (Å²) in [6.45, 7) is 0.168. The molecule has 0 spiro atoms. The largest absolute Gasteiger partial charge is 0.481 e. The molecule has 0 aliphatic carbocycles. The molecular formula is C14H16O6S. The Bertz CT molecular complexity index is 487. The summed E-state index contributed by atoms with van der Waals surface area (Å²) in [6.07, 6.45) is -0.431. The fourth-order valence-corrected chi connectivity index (χ4v) is 2.44. The molecule has 7 heteroatoms. The fraction of sp³-hybridized carbons (Fsp3) is 0.357. The molecule has 0 saturated carbocycles. The van der Waals surface area contributed by atoms with Crippen molar-refractivity contribution in [2.75, 3.05) is 5.75 Å². The van der Waals surface area contributed by atoms with Crippen LogP contribution in [0.2, 0.25) is 0 Å². The van der Waals surface area contributed by atoms with E-state index in [0.717, 1.165) is 17.3 Å². The van der Waals surface area contributed by atoms with Crippen LogP contribution in [0.25, 0.3) is 0 Å². The predicted molar refractivity (Wildman–Crippen MR) is 77.0 cm³/mol. The summed E-state index contributed by atoms with van der Waals surface area (Å²) in [5.74, 6) is -2.61. The van der Waals surface area contributed by atoms with Gasteiger partial charge in [0.15, 0.2) is 0 Å². The topological polar surface area (TPSA) is 101 Å². The van der Waals surface area contributed by atoms with E-state index in [0.29, 0.717) is 0 Å². The molecule has 0 radical (unpaired) electrons. The molecule has 2 N–H and O–H groups in total. The normalized spacial score (nSPS) is 11.6. The number of carboxylic acid groups (broad SMARTS) is 2. The second-order valence-electron chi connectivity index (χ2n) is 4.19. The first kappa shape index (κ1) is 17.0. The van der Waals surface area contributed by atoms with Gasteiger partial charge in [0.05, 0.1) is 12.8 Å². The van der Waals surface area contributed by atoms with Gasteiger partial charge >= 0.3 is 17.9 Å². The minimum Gasteiger partial charge on any atom is -0.481 e. The lowest BCUT2D eigenvalue weighted by atomic mass is 10.2. The van der Waals surface area contributed by atoms with Crippen LogP contribution in [0.3, 0.4) is 0 Å². The number of hydrogen-bond acceptors (Lipinski definition) is 5. The maximum absolute atomic E-state index is 11.5. The molecule has 0 fully saturated rings. The van der Waals surface area contributed by atoms with Crippen LogP contribution in [-0.2, 0) is 25.7 Å². The summed E-state index contributed by atoms with van der Waals surface area (Å²) in [6, 6.07) is 9.19. The molecule has 1 rings (SSSR count). The third kappa shape index (κ3) is 7.36. The van der Waals surface area contributed by atoms with E-state index in [1.807, 2.05) is 30.3 Å². The molecule has 1 aromatic rings. The molecule has 0 aromatic heterocycles. The molecule has 0 heterocycles. The van der Waals surface area contributed by atoms with Crippen LogP contribution in [0.1, 0.15) is 18.4 Å². The quantitative estimate of drug-likeness (QED) is 0.670. The van der Waals surface area contributed by atoms with Crippen LogP contribution in [0.15, 0.2) is 30.3 Å². The molecule has 0 aliphatic heterocycles. The van der Waals surface area contributed by atoms with Crippen LogP contribution in [0, 0.1) is 0 Å². The molecule has 1 unspecified atom stereocenters. The first-order valence-electron chi connectivity index (χ1n) is 6.25. The average Bonchev–Trinajstić information content (AvgIpc) is 2.44. The van der Waals surface area contributed by atoms with E-state index >= 15 is 0 Å². The van der Waals surface area contributed by atoms with E-state index in [-0.39, 0.29) is 18.8 Å². The fourth-order valence-electron chi connectivity index (χ4n) is 1.47. The van der Waals surface area contributed by atoms with Crippen LogP contribution >= 0.6 is 11.8 Å². The Morgan fingerprint density at radius 3 is 2.38 bits per heavy atom. The average molecular weight is 312 g/mol. The molecule has 0 saturated heterocycles. The highest BCUT2D eigenvalue weighted by molar-refractivity contribution is 8.00. The SMILES string of the molecule is O=C(O)CC(SCCC(=O)OCc1ccccc1)C(=O)O. The third-order valence-electron chi connectivity index (χ3n) is 2.50. The number of aliphatic carboxylic acids is 2. The van der Waals surface area contributed by atoms with Crippen LogP contribution < -0.4 is 0 Å². The van der Waals surface area contributed by atoms with Crippen molar-refractivity contribution in [2.45, 2.75) is 24.7 Å². The Hall–Kier alpha value is -2.02. The Balaban J connectivity index is 2.26. The summed E-state index contributed by atoms with van der Waals surface area (Å²) in [7, 11) is 0. The Morgan fingerprint density at radius 2 is 1.81 bits per heavy atom. The molecule has 1 aromatic carbocycles. The summed E-state index contributed by atoms with van der Waals surface area (Å²) in [5.41, 5.74) is 0.868. The van der Waals surface area contributed by atoms with E-state index in [4.69, 9.17) is 14.9 Å². The van der Waals surface area contributed by atoms with Crippen molar-refractivity contribution >= 4 is 29.7 Å². The maximum atomic E-state index is 11.5. The number of carbonyl (C=O) groups is 3. The molecule has 0 amide bonds. The lowest BCUT2D eigenvalue weighted by molar-refractivity contribution is -0.144. The molecule has 0 bridgehead atoms. The molecule has 1 atom stereocenters. The monoisotopic (exact) mass is 312 g/mol. The zero-order valence-corrected chi connectivity index (χ0v) is 12.0. The van der Waals surface area contributed by atoms with Gasteiger partial charge in [-0.1, -0.05) is 30.3 Å². The summed E-state index contributed by atoms with van der Waals surface area (Å²) in [5, 5.41) is 16.4. The number of benzene rings is 1. The molecule has 6 nitrogen and oxygen atoms in total. The van der Waals surface area contributed by atoms with E-state index in [9.17, 15) is 14.4 Å². The number of hydrogen-bond donors (Lipinski definition) is 2. The van der Waals surface area contributed by atoms with Gasteiger partial charge in [-0.05, 0) is 5.56 Å². The summed E-state index contributed by atoms with van der Waals surface area (Å²) < 4.78 is 5.04. The minimum atomic E-state index is -1.19. The summed E-state index contributed by atoms with van der Waals surface area (Å²) >= 11 is 0.927. The van der Waals surface area contributed by atoms with Gasteiger partial charge < -0.3 is 14.9 Å². The van der Waals surface area contributed by atoms with E-state index in [1.54, 1.807) is 0 Å². The third-order valence-corrected chi connectivity index (χ3v) is 3.71. The second kappa shape index (κ2) is 9.02. The maximum Gasteiger partial charge on any atom is 0.317 e. The van der Waals surface area contributed by atoms with E-state index in [1.165, 1.54) is 0 Å². The molecule has 21 heavy (non-hydrogen) atoms. The van der Waals surface area contributed by atoms with E-state index in [2.05, 4.69) is 0 Å². The predicted octanol–water partition coefficient (Wildman–Crippen LogP) is 1.78. The van der Waals surface area contributed by atoms with Crippen molar-refractivity contribution < 1.29 is 29.3 Å². The van der Waals surface area contributed by atoms with Gasteiger partial charge in [-0.2, -0.15) is 0 Å². The van der Waals surface area contributed by atoms with Crippen molar-refractivity contribution in [3.8, 4) is 0 Å². The first-order valence-corrected chi connectivity index (χ1v) is 7.29. The van der Waals surface area contributed by atoms with Crippen LogP contribution in [0.5, 0.6) is 0 Å². The second-order valence-corrected chi connectivity index (χ2v) is 5.50. The summed E-state index contributed by atoms with van der Waals surface area (Å²) in [4.78, 5) is 32.8. The van der Waals surface area contributed by atoms with Gasteiger partial charge in [0.25, 0.3) is 0 Å². The van der Waals surface area contributed by atoms with Crippen molar-refractivity contribution in [1.82, 2.24) is 0 Å². The van der Waals surface area contributed by atoms with Gasteiger partial charge in [0.1, 0.15) is 11.9 Å². The van der Waals surface area contributed by atoms with Crippen molar-refractivity contribution in [3.05, 3.63) is 35.9 Å². The number of thioether (sulfide) groups is 1. The highest BCUT2D eigenvalue weighted by atomic mass is 32.2. The van der Waals surface area contributed by atoms with Crippen LogP contribution in [-0.4, -0.2) is 39.1 Å². The van der Waals surface area contributed by atoms with Crippen molar-refractivity contribution in [2.24, 2.45) is 0 Å². The Kier molecular flexibility index (Phi) is 7.31. The number of carboxylic acids is 2. The number of carbonyl (C=O) groups excluding carboxylic acids is 1. The Labute approximate surface area is 126 Å². The van der Waals surface area contributed by atoms with E-state index < -0.39 is 29.6 Å². The van der Waals surface area contributed by atoms with Crippen molar-refractivity contribution in [3.63, 3.8) is 0 Å². The smallest absolute Gasteiger partial charge is 0.317 e. The Morgan fingerprint density at radius 1 is 1.14 bits per heavy atom. The van der Waals surface area contributed by atoms with Gasteiger partial charge in [0, 0.05) is 5.75 Å². The van der Waals surface area contributed by atoms with Gasteiger partial charge in [-0.25, -0.2) is 0 Å². The molecular weight excluding hydrogens is 296 g/mol. The van der Waals surface area contributed by atoms with Crippen molar-refractivity contribution in [1.29, 1.82) is 0 Å². The zero-order valence-electron chi connectivity index (χ0n) is 11.2. The lowest BCUT2D eigenvalue weighted by Crippen LogP contribution is -2.21.